The number of aryl methyl sites for hydroxylation is 1. The van der Waals surface area contributed by atoms with Gasteiger partial charge in [-0.25, -0.2) is 4.79 Å². The molecule has 1 atom stereocenters. The van der Waals surface area contributed by atoms with Crippen LogP contribution in [-0.2, 0) is 0 Å². The number of carbonyl (C=O) groups is 2. The zero-order chi connectivity index (χ0) is 21.3. The molecule has 1 unspecified atom stereocenters. The number of benzene rings is 2. The molecule has 3 amide bonds. The Bertz CT molecular complexity index is 851. The van der Waals surface area contributed by atoms with E-state index in [2.05, 4.69) is 5.32 Å². The van der Waals surface area contributed by atoms with Gasteiger partial charge in [0.1, 0.15) is 11.5 Å². The molecule has 1 saturated heterocycles. The molecule has 0 aromatic heterocycles. The van der Waals surface area contributed by atoms with Crippen LogP contribution >= 0.6 is 0 Å². The zero-order valence-corrected chi connectivity index (χ0v) is 17.7. The van der Waals surface area contributed by atoms with Crippen molar-refractivity contribution in [2.45, 2.75) is 45.6 Å². The molecule has 0 saturated carbocycles. The number of para-hydroxylation sites is 1. The lowest BCUT2D eigenvalue weighted by Crippen LogP contribution is -2.44. The fourth-order valence-electron chi connectivity index (χ4n) is 3.46. The molecule has 6 nitrogen and oxygen atoms in total. The number of hydrogen-bond acceptors (Lipinski definition) is 4. The number of unbranched alkanes of at least 4 members (excludes halogenated alkanes) is 1. The molecule has 160 valence electrons. The molecule has 2 aromatic carbocycles. The maximum Gasteiger partial charge on any atom is 0.324 e. The summed E-state index contributed by atoms with van der Waals surface area (Å²) in [6.07, 6.45) is 3.57. The fraction of sp³-hybridized carbons (Fsp3) is 0.417. The Balaban J connectivity index is 1.43. The number of likely N-dealkylation sites (tertiary alicyclic amines) is 1. The van der Waals surface area contributed by atoms with Crippen LogP contribution in [0.25, 0.3) is 0 Å². The van der Waals surface area contributed by atoms with Crippen molar-refractivity contribution in [3.8, 4) is 11.5 Å². The van der Waals surface area contributed by atoms with Gasteiger partial charge in [-0.1, -0.05) is 29.8 Å². The topological polar surface area (TPSA) is 67.9 Å². The summed E-state index contributed by atoms with van der Waals surface area (Å²) in [7, 11) is 0. The Morgan fingerprint density at radius 2 is 1.73 bits per heavy atom. The molecule has 0 aliphatic carbocycles. The highest BCUT2D eigenvalue weighted by molar-refractivity contribution is 6.05. The SMILES string of the molecule is Cc1ccc(OCCCCOc2ccccc2C(=O)NC(=O)N2CCCC2C)cc1. The van der Waals surface area contributed by atoms with E-state index in [-0.39, 0.29) is 12.1 Å². The normalized spacial score (nSPS) is 15.7. The highest BCUT2D eigenvalue weighted by Gasteiger charge is 2.27. The van der Waals surface area contributed by atoms with Gasteiger partial charge in [0.15, 0.2) is 0 Å². The van der Waals surface area contributed by atoms with Crippen LogP contribution in [0, 0.1) is 6.92 Å². The minimum absolute atomic E-state index is 0.159. The second-order valence-corrected chi connectivity index (χ2v) is 7.66. The lowest BCUT2D eigenvalue weighted by atomic mass is 10.2. The van der Waals surface area contributed by atoms with Crippen molar-refractivity contribution in [2.24, 2.45) is 0 Å². The molecule has 1 heterocycles. The van der Waals surface area contributed by atoms with E-state index in [0.717, 1.165) is 31.4 Å². The predicted molar refractivity (Wildman–Crippen MR) is 116 cm³/mol. The maximum absolute atomic E-state index is 12.6. The first-order chi connectivity index (χ1) is 14.5. The third-order valence-electron chi connectivity index (χ3n) is 5.25. The number of hydrogen-bond donors (Lipinski definition) is 1. The van der Waals surface area contributed by atoms with Crippen molar-refractivity contribution in [2.75, 3.05) is 19.8 Å². The number of nitrogens with zero attached hydrogens (tertiary/aromatic N) is 1. The molecule has 1 fully saturated rings. The molecular formula is C24H30N2O4. The Kier molecular flexibility index (Phi) is 7.71. The van der Waals surface area contributed by atoms with E-state index in [9.17, 15) is 9.59 Å². The fourth-order valence-corrected chi connectivity index (χ4v) is 3.46. The molecule has 6 heteroatoms. The summed E-state index contributed by atoms with van der Waals surface area (Å²) < 4.78 is 11.5. The van der Waals surface area contributed by atoms with E-state index in [0.29, 0.717) is 31.1 Å². The standard InChI is InChI=1S/C24H30N2O4/c1-18-11-13-20(14-12-18)29-16-5-6-17-30-22-10-4-3-9-21(22)23(27)25-24(28)26-15-7-8-19(26)2/h3-4,9-14,19H,5-8,15-17H2,1-2H3,(H,25,27,28). The van der Waals surface area contributed by atoms with Crippen molar-refractivity contribution >= 4 is 11.9 Å². The molecular weight excluding hydrogens is 380 g/mol. The summed E-state index contributed by atoms with van der Waals surface area (Å²) in [6.45, 7) is 5.80. The van der Waals surface area contributed by atoms with Crippen molar-refractivity contribution in [3.63, 3.8) is 0 Å². The molecule has 0 spiro atoms. The van der Waals surface area contributed by atoms with E-state index in [1.54, 1.807) is 23.1 Å². The van der Waals surface area contributed by atoms with Gasteiger partial charge in [-0.2, -0.15) is 0 Å². The summed E-state index contributed by atoms with van der Waals surface area (Å²) in [5, 5.41) is 2.49. The zero-order valence-electron chi connectivity index (χ0n) is 17.7. The second-order valence-electron chi connectivity index (χ2n) is 7.66. The van der Waals surface area contributed by atoms with Crippen molar-refractivity contribution in [1.82, 2.24) is 10.2 Å². The van der Waals surface area contributed by atoms with Gasteiger partial charge in [-0.15, -0.1) is 0 Å². The van der Waals surface area contributed by atoms with Gasteiger partial charge in [-0.3, -0.25) is 10.1 Å². The van der Waals surface area contributed by atoms with Gasteiger partial charge in [0.2, 0.25) is 0 Å². The highest BCUT2D eigenvalue weighted by Crippen LogP contribution is 2.20. The number of rotatable bonds is 8. The van der Waals surface area contributed by atoms with E-state index in [1.807, 2.05) is 44.2 Å². The molecule has 2 aromatic rings. The third-order valence-corrected chi connectivity index (χ3v) is 5.25. The maximum atomic E-state index is 12.6. The van der Waals surface area contributed by atoms with Crippen LogP contribution in [0.2, 0.25) is 0 Å². The molecule has 1 aliphatic heterocycles. The monoisotopic (exact) mass is 410 g/mol. The van der Waals surface area contributed by atoms with E-state index in [1.165, 1.54) is 5.56 Å². The minimum atomic E-state index is -0.433. The van der Waals surface area contributed by atoms with Crippen LogP contribution in [0.1, 0.15) is 48.5 Å². The number of carbonyl (C=O) groups excluding carboxylic acids is 2. The van der Waals surface area contributed by atoms with Crippen LogP contribution in [0.15, 0.2) is 48.5 Å². The Hall–Kier alpha value is -3.02. The third kappa shape index (κ3) is 5.99. The predicted octanol–water partition coefficient (Wildman–Crippen LogP) is 4.57. The minimum Gasteiger partial charge on any atom is -0.494 e. The van der Waals surface area contributed by atoms with Crippen molar-refractivity contribution in [3.05, 3.63) is 59.7 Å². The van der Waals surface area contributed by atoms with Crippen molar-refractivity contribution in [1.29, 1.82) is 0 Å². The number of imide groups is 1. The van der Waals surface area contributed by atoms with Gasteiger partial charge in [-0.05, 0) is 63.8 Å². The molecule has 0 radical (unpaired) electrons. The van der Waals surface area contributed by atoms with Crippen LogP contribution in [0.5, 0.6) is 11.5 Å². The molecule has 1 N–H and O–H groups in total. The Morgan fingerprint density at radius 3 is 2.43 bits per heavy atom. The summed E-state index contributed by atoms with van der Waals surface area (Å²) in [5.74, 6) is 0.912. The summed E-state index contributed by atoms with van der Waals surface area (Å²) >= 11 is 0. The van der Waals surface area contributed by atoms with Gasteiger partial charge < -0.3 is 14.4 Å². The number of nitrogens with one attached hydrogen (secondary N) is 1. The first kappa shape index (κ1) is 21.7. The van der Waals surface area contributed by atoms with Crippen LogP contribution in [0.3, 0.4) is 0 Å². The van der Waals surface area contributed by atoms with Gasteiger partial charge in [0.25, 0.3) is 5.91 Å². The molecule has 3 rings (SSSR count). The van der Waals surface area contributed by atoms with Crippen molar-refractivity contribution < 1.29 is 19.1 Å². The summed E-state index contributed by atoms with van der Waals surface area (Å²) in [5.41, 5.74) is 1.57. The first-order valence-corrected chi connectivity index (χ1v) is 10.6. The summed E-state index contributed by atoms with van der Waals surface area (Å²) in [4.78, 5) is 26.7. The average molecular weight is 411 g/mol. The lowest BCUT2D eigenvalue weighted by Gasteiger charge is -2.21. The highest BCUT2D eigenvalue weighted by atomic mass is 16.5. The van der Waals surface area contributed by atoms with Crippen LogP contribution < -0.4 is 14.8 Å². The first-order valence-electron chi connectivity index (χ1n) is 10.6. The Morgan fingerprint density at radius 1 is 1.03 bits per heavy atom. The van der Waals surface area contributed by atoms with Crippen LogP contribution in [-0.4, -0.2) is 42.6 Å². The van der Waals surface area contributed by atoms with E-state index in [4.69, 9.17) is 9.47 Å². The smallest absolute Gasteiger partial charge is 0.324 e. The van der Waals surface area contributed by atoms with Gasteiger partial charge in [0.05, 0.1) is 18.8 Å². The van der Waals surface area contributed by atoms with Gasteiger partial charge in [0, 0.05) is 12.6 Å². The molecule has 30 heavy (non-hydrogen) atoms. The van der Waals surface area contributed by atoms with E-state index >= 15 is 0 Å². The van der Waals surface area contributed by atoms with Crippen LogP contribution in [0.4, 0.5) is 4.79 Å². The van der Waals surface area contributed by atoms with E-state index < -0.39 is 5.91 Å². The molecule has 1 aliphatic rings. The number of amides is 3. The lowest BCUT2D eigenvalue weighted by molar-refractivity contribution is 0.0947. The Labute approximate surface area is 178 Å². The summed E-state index contributed by atoms with van der Waals surface area (Å²) in [6, 6.07) is 14.8. The largest absolute Gasteiger partial charge is 0.494 e. The quantitative estimate of drug-likeness (QED) is 0.648. The average Bonchev–Trinajstić information content (AvgIpc) is 3.18. The second kappa shape index (κ2) is 10.7. The number of urea groups is 1. The molecule has 0 bridgehead atoms. The van der Waals surface area contributed by atoms with Gasteiger partial charge >= 0.3 is 6.03 Å². The number of ether oxygens (including phenoxy) is 2.